The van der Waals surface area contributed by atoms with Crippen molar-refractivity contribution in [2.24, 2.45) is 5.92 Å². The molecule has 0 aliphatic carbocycles. The summed E-state index contributed by atoms with van der Waals surface area (Å²) in [6.07, 6.45) is 1.55. The molecule has 4 rings (SSSR count). The summed E-state index contributed by atoms with van der Waals surface area (Å²) in [5, 5.41) is 9.32. The normalized spacial score (nSPS) is 11.5. The van der Waals surface area contributed by atoms with E-state index in [1.807, 2.05) is 24.3 Å². The molecule has 0 radical (unpaired) electrons. The van der Waals surface area contributed by atoms with Gasteiger partial charge in [-0.2, -0.15) is 0 Å². The molecule has 7 nitrogen and oxygen atoms in total. The second-order valence-corrected chi connectivity index (χ2v) is 7.43. The van der Waals surface area contributed by atoms with Crippen molar-refractivity contribution < 1.29 is 8.83 Å². The number of thioether (sulfide) groups is 1. The minimum Gasteiger partial charge on any atom is -0.459 e. The molecular formula is C19H18N4O3S. The van der Waals surface area contributed by atoms with E-state index in [1.54, 1.807) is 23.0 Å². The molecule has 0 amide bonds. The van der Waals surface area contributed by atoms with Crippen LogP contribution in [-0.2, 0) is 12.3 Å². The number of hydrogen-bond acceptors (Lipinski definition) is 7. The summed E-state index contributed by atoms with van der Waals surface area (Å²) in [5.41, 5.74) is 0.658. The molecule has 0 unspecified atom stereocenters. The van der Waals surface area contributed by atoms with Gasteiger partial charge in [-0.25, -0.2) is 4.98 Å². The molecule has 3 aromatic heterocycles. The minimum atomic E-state index is -0.0291. The van der Waals surface area contributed by atoms with Crippen molar-refractivity contribution in [1.82, 2.24) is 19.7 Å². The number of nitrogens with zero attached hydrogens (tertiary/aromatic N) is 4. The zero-order valence-corrected chi connectivity index (χ0v) is 15.8. The first-order valence-electron chi connectivity index (χ1n) is 8.60. The zero-order valence-electron chi connectivity index (χ0n) is 15.0. The van der Waals surface area contributed by atoms with E-state index >= 15 is 0 Å². The van der Waals surface area contributed by atoms with Gasteiger partial charge in [-0.3, -0.25) is 9.36 Å². The maximum absolute atomic E-state index is 12.9. The monoisotopic (exact) mass is 382 g/mol. The van der Waals surface area contributed by atoms with E-state index in [0.717, 1.165) is 0 Å². The molecule has 1 aromatic carbocycles. The number of para-hydroxylation sites is 1. The quantitative estimate of drug-likeness (QED) is 0.368. The molecule has 0 N–H and O–H groups in total. The molecule has 0 saturated carbocycles. The molecule has 0 aliphatic heterocycles. The molecule has 0 spiro atoms. The van der Waals surface area contributed by atoms with Crippen molar-refractivity contribution in [3.63, 3.8) is 0 Å². The van der Waals surface area contributed by atoms with Crippen LogP contribution in [0.2, 0.25) is 0 Å². The molecule has 0 bridgehead atoms. The first kappa shape index (κ1) is 17.5. The van der Waals surface area contributed by atoms with Gasteiger partial charge in [-0.15, -0.1) is 10.2 Å². The van der Waals surface area contributed by atoms with E-state index in [0.29, 0.717) is 51.8 Å². The second kappa shape index (κ2) is 7.40. The van der Waals surface area contributed by atoms with Gasteiger partial charge in [-0.05, 0) is 30.2 Å². The minimum absolute atomic E-state index is 0.0291. The van der Waals surface area contributed by atoms with E-state index in [2.05, 4.69) is 29.0 Å². The summed E-state index contributed by atoms with van der Waals surface area (Å²) in [4.78, 5) is 17.6. The predicted molar refractivity (Wildman–Crippen MR) is 102 cm³/mol. The highest BCUT2D eigenvalue weighted by Gasteiger charge is 2.15. The van der Waals surface area contributed by atoms with Crippen LogP contribution in [0, 0.1) is 5.92 Å². The smallest absolute Gasteiger partial charge is 0.283 e. The summed E-state index contributed by atoms with van der Waals surface area (Å²) in [6.45, 7) is 4.74. The lowest BCUT2D eigenvalue weighted by atomic mass is 10.2. The van der Waals surface area contributed by atoms with Crippen molar-refractivity contribution in [2.75, 3.05) is 0 Å². The van der Waals surface area contributed by atoms with E-state index in [-0.39, 0.29) is 5.56 Å². The molecule has 0 aliphatic rings. The lowest BCUT2D eigenvalue weighted by Crippen LogP contribution is -2.25. The fourth-order valence-electron chi connectivity index (χ4n) is 2.72. The highest BCUT2D eigenvalue weighted by molar-refractivity contribution is 7.98. The molecule has 0 fully saturated rings. The van der Waals surface area contributed by atoms with Crippen molar-refractivity contribution in [2.45, 2.75) is 31.3 Å². The van der Waals surface area contributed by atoms with Crippen LogP contribution in [0.5, 0.6) is 0 Å². The zero-order chi connectivity index (χ0) is 18.8. The second-order valence-electron chi connectivity index (χ2n) is 6.49. The Morgan fingerprint density at radius 3 is 2.78 bits per heavy atom. The van der Waals surface area contributed by atoms with Crippen LogP contribution in [0.3, 0.4) is 0 Å². The first-order valence-corrected chi connectivity index (χ1v) is 9.59. The van der Waals surface area contributed by atoms with Gasteiger partial charge < -0.3 is 8.83 Å². The molecule has 8 heteroatoms. The van der Waals surface area contributed by atoms with Crippen LogP contribution in [0.25, 0.3) is 22.6 Å². The SMILES string of the molecule is CC(C)Cn1c(SCc2nnc(-c3ccco3)o2)nc2ccccc2c1=O. The van der Waals surface area contributed by atoms with E-state index in [1.165, 1.54) is 11.8 Å². The molecular weight excluding hydrogens is 364 g/mol. The maximum atomic E-state index is 12.9. The summed E-state index contributed by atoms with van der Waals surface area (Å²) >= 11 is 1.41. The predicted octanol–water partition coefficient (Wildman–Crippen LogP) is 3.99. The van der Waals surface area contributed by atoms with Gasteiger partial charge >= 0.3 is 0 Å². The third-order valence-electron chi connectivity index (χ3n) is 3.90. The van der Waals surface area contributed by atoms with Crippen molar-refractivity contribution >= 4 is 22.7 Å². The Morgan fingerprint density at radius 1 is 1.15 bits per heavy atom. The average Bonchev–Trinajstić information content (AvgIpc) is 3.33. The summed E-state index contributed by atoms with van der Waals surface area (Å²) in [6, 6.07) is 10.9. The van der Waals surface area contributed by atoms with Gasteiger partial charge in [0, 0.05) is 6.54 Å². The van der Waals surface area contributed by atoms with Gasteiger partial charge in [0.1, 0.15) is 0 Å². The number of benzene rings is 1. The maximum Gasteiger partial charge on any atom is 0.283 e. The van der Waals surface area contributed by atoms with Crippen LogP contribution in [0.1, 0.15) is 19.7 Å². The van der Waals surface area contributed by atoms with Gasteiger partial charge in [0.2, 0.25) is 5.89 Å². The van der Waals surface area contributed by atoms with Crippen LogP contribution < -0.4 is 5.56 Å². The number of fused-ring (bicyclic) bond motifs is 1. The summed E-state index contributed by atoms with van der Waals surface area (Å²) in [7, 11) is 0. The largest absolute Gasteiger partial charge is 0.459 e. The number of hydrogen-bond donors (Lipinski definition) is 0. The Bertz CT molecular complexity index is 1120. The van der Waals surface area contributed by atoms with Gasteiger partial charge in [0.25, 0.3) is 11.4 Å². The number of rotatable bonds is 6. The molecule has 4 aromatic rings. The van der Waals surface area contributed by atoms with Crippen LogP contribution >= 0.6 is 11.8 Å². The van der Waals surface area contributed by atoms with Crippen molar-refractivity contribution in [3.05, 3.63) is 58.9 Å². The summed E-state index contributed by atoms with van der Waals surface area (Å²) < 4.78 is 12.6. The van der Waals surface area contributed by atoms with E-state index < -0.39 is 0 Å². The molecule has 3 heterocycles. The van der Waals surface area contributed by atoms with Crippen molar-refractivity contribution in [1.29, 1.82) is 0 Å². The fraction of sp³-hybridized carbons (Fsp3) is 0.263. The average molecular weight is 382 g/mol. The topological polar surface area (TPSA) is 86.9 Å². The standard InChI is InChI=1S/C19H18N4O3S/c1-12(2)10-23-18(24)13-6-3-4-7-14(13)20-19(23)27-11-16-21-22-17(26-16)15-8-5-9-25-15/h3-9,12H,10-11H2,1-2H3. The Kier molecular flexibility index (Phi) is 4.81. The Labute approximate surface area is 159 Å². The van der Waals surface area contributed by atoms with E-state index in [9.17, 15) is 4.79 Å². The molecule has 138 valence electrons. The third kappa shape index (κ3) is 3.66. The van der Waals surface area contributed by atoms with Crippen LogP contribution in [0.15, 0.2) is 61.4 Å². The van der Waals surface area contributed by atoms with E-state index in [4.69, 9.17) is 8.83 Å². The Balaban J connectivity index is 1.64. The van der Waals surface area contributed by atoms with Crippen LogP contribution in [0.4, 0.5) is 0 Å². The fourth-order valence-corrected chi connectivity index (χ4v) is 3.57. The number of aromatic nitrogens is 4. The van der Waals surface area contributed by atoms with Gasteiger partial charge in [0.15, 0.2) is 10.9 Å². The lowest BCUT2D eigenvalue weighted by Gasteiger charge is -2.14. The Hall–Kier alpha value is -2.87. The Morgan fingerprint density at radius 2 is 2.00 bits per heavy atom. The highest BCUT2D eigenvalue weighted by atomic mass is 32.2. The van der Waals surface area contributed by atoms with Gasteiger partial charge in [0.05, 0.1) is 22.9 Å². The third-order valence-corrected chi connectivity index (χ3v) is 4.86. The first-order chi connectivity index (χ1) is 13.1. The summed E-state index contributed by atoms with van der Waals surface area (Å²) in [5.74, 6) is 2.04. The van der Waals surface area contributed by atoms with Crippen molar-refractivity contribution in [3.8, 4) is 11.7 Å². The molecule has 0 saturated heterocycles. The molecule has 0 atom stereocenters. The van der Waals surface area contributed by atoms with Gasteiger partial charge in [-0.1, -0.05) is 37.7 Å². The number of furan rings is 1. The lowest BCUT2D eigenvalue weighted by molar-refractivity contribution is 0.474. The van der Waals surface area contributed by atoms with Crippen LogP contribution in [-0.4, -0.2) is 19.7 Å². The highest BCUT2D eigenvalue weighted by Crippen LogP contribution is 2.24. The molecule has 27 heavy (non-hydrogen) atoms.